The fourth-order valence-electron chi connectivity index (χ4n) is 2.12. The molecule has 0 fully saturated rings. The van der Waals surface area contributed by atoms with Gasteiger partial charge in [0.25, 0.3) is 0 Å². The van der Waals surface area contributed by atoms with Gasteiger partial charge in [0.05, 0.1) is 0 Å². The van der Waals surface area contributed by atoms with Crippen LogP contribution in [0.25, 0.3) is 0 Å². The molecule has 0 unspecified atom stereocenters. The Bertz CT molecular complexity index is 581. The molecule has 112 valence electrons. The molecule has 0 saturated carbocycles. The molecular formula is C17H24N4. The Morgan fingerprint density at radius 3 is 2.62 bits per heavy atom. The quantitative estimate of drug-likeness (QED) is 0.738. The van der Waals surface area contributed by atoms with E-state index in [-0.39, 0.29) is 0 Å². The van der Waals surface area contributed by atoms with Gasteiger partial charge >= 0.3 is 0 Å². The zero-order valence-electron chi connectivity index (χ0n) is 13.1. The largest absolute Gasteiger partial charge is 0.370 e. The van der Waals surface area contributed by atoms with Crippen molar-refractivity contribution >= 4 is 17.3 Å². The fourth-order valence-corrected chi connectivity index (χ4v) is 2.12. The van der Waals surface area contributed by atoms with E-state index < -0.39 is 0 Å². The maximum atomic E-state index is 4.29. The Morgan fingerprint density at radius 1 is 1.00 bits per heavy atom. The van der Waals surface area contributed by atoms with Crippen molar-refractivity contribution in [2.24, 2.45) is 0 Å². The van der Waals surface area contributed by atoms with Gasteiger partial charge in [-0.3, -0.25) is 0 Å². The Morgan fingerprint density at radius 2 is 1.81 bits per heavy atom. The maximum absolute atomic E-state index is 4.29. The number of benzene rings is 1. The first kappa shape index (κ1) is 15.3. The van der Waals surface area contributed by atoms with Crippen LogP contribution in [0.3, 0.4) is 0 Å². The number of unbranched alkanes of at least 4 members (excludes halogenated alkanes) is 2. The molecule has 0 aliphatic heterocycles. The highest BCUT2D eigenvalue weighted by Gasteiger charge is 2.02. The number of anilines is 3. The summed E-state index contributed by atoms with van der Waals surface area (Å²) in [5.74, 6) is 1.69. The average molecular weight is 284 g/mol. The third-order valence-corrected chi connectivity index (χ3v) is 3.41. The van der Waals surface area contributed by atoms with E-state index in [1.807, 2.05) is 6.07 Å². The summed E-state index contributed by atoms with van der Waals surface area (Å²) in [4.78, 5) is 8.54. The van der Waals surface area contributed by atoms with Crippen molar-refractivity contribution in [1.82, 2.24) is 9.97 Å². The van der Waals surface area contributed by atoms with Crippen LogP contribution >= 0.6 is 0 Å². The highest BCUT2D eigenvalue weighted by atomic mass is 15.1. The van der Waals surface area contributed by atoms with Crippen LogP contribution in [0.4, 0.5) is 17.3 Å². The van der Waals surface area contributed by atoms with Crippen molar-refractivity contribution < 1.29 is 0 Å². The Labute approximate surface area is 127 Å². The van der Waals surface area contributed by atoms with E-state index in [0.717, 1.165) is 23.9 Å². The summed E-state index contributed by atoms with van der Waals surface area (Å²) in [6.07, 6.45) is 5.23. The van der Waals surface area contributed by atoms with Gasteiger partial charge < -0.3 is 10.6 Å². The molecule has 1 aromatic heterocycles. The van der Waals surface area contributed by atoms with Crippen LogP contribution in [-0.2, 0) is 0 Å². The van der Waals surface area contributed by atoms with Crippen molar-refractivity contribution in [3.8, 4) is 0 Å². The van der Waals surface area contributed by atoms with E-state index in [1.54, 1.807) is 6.33 Å². The van der Waals surface area contributed by atoms with Crippen molar-refractivity contribution in [2.75, 3.05) is 17.2 Å². The lowest BCUT2D eigenvalue weighted by molar-refractivity contribution is 0.742. The average Bonchev–Trinajstić information content (AvgIpc) is 2.48. The summed E-state index contributed by atoms with van der Waals surface area (Å²) in [5.41, 5.74) is 3.53. The molecule has 2 N–H and O–H groups in total. The number of hydrogen-bond acceptors (Lipinski definition) is 4. The van der Waals surface area contributed by atoms with Crippen LogP contribution in [0.1, 0.15) is 37.3 Å². The molecule has 0 atom stereocenters. The lowest BCUT2D eigenvalue weighted by atomic mass is 10.1. The van der Waals surface area contributed by atoms with E-state index in [1.165, 1.54) is 30.4 Å². The third kappa shape index (κ3) is 4.74. The number of aryl methyl sites for hydroxylation is 2. The summed E-state index contributed by atoms with van der Waals surface area (Å²) in [5, 5.41) is 6.70. The lowest BCUT2D eigenvalue weighted by Gasteiger charge is -2.11. The van der Waals surface area contributed by atoms with Crippen LogP contribution in [0, 0.1) is 13.8 Å². The molecule has 21 heavy (non-hydrogen) atoms. The van der Waals surface area contributed by atoms with Gasteiger partial charge in [-0.1, -0.05) is 31.9 Å². The Balaban J connectivity index is 2.02. The van der Waals surface area contributed by atoms with Crippen molar-refractivity contribution in [2.45, 2.75) is 40.0 Å². The topological polar surface area (TPSA) is 49.8 Å². The van der Waals surface area contributed by atoms with Crippen LogP contribution in [0.2, 0.25) is 0 Å². The first-order valence-corrected chi connectivity index (χ1v) is 7.59. The van der Waals surface area contributed by atoms with Crippen molar-refractivity contribution in [1.29, 1.82) is 0 Å². The molecule has 0 aliphatic carbocycles. The molecule has 0 radical (unpaired) electrons. The highest BCUT2D eigenvalue weighted by Crippen LogP contribution is 2.21. The van der Waals surface area contributed by atoms with E-state index in [9.17, 15) is 0 Å². The second-order valence-corrected chi connectivity index (χ2v) is 5.37. The van der Waals surface area contributed by atoms with Crippen LogP contribution in [-0.4, -0.2) is 16.5 Å². The van der Waals surface area contributed by atoms with Gasteiger partial charge in [-0.05, 0) is 37.5 Å². The maximum Gasteiger partial charge on any atom is 0.135 e. The monoisotopic (exact) mass is 284 g/mol. The standard InChI is InChI=1S/C17H24N4/c1-4-5-6-9-18-16-11-17(20-12-19-16)21-15-10-13(2)7-8-14(15)3/h7-8,10-12H,4-6,9H2,1-3H3,(H2,18,19,20,21). The molecule has 0 amide bonds. The smallest absolute Gasteiger partial charge is 0.135 e. The molecule has 1 aromatic carbocycles. The van der Waals surface area contributed by atoms with Crippen molar-refractivity contribution in [3.63, 3.8) is 0 Å². The number of nitrogens with zero attached hydrogens (tertiary/aromatic N) is 2. The highest BCUT2D eigenvalue weighted by molar-refractivity contribution is 5.62. The summed E-state index contributed by atoms with van der Waals surface area (Å²) >= 11 is 0. The second-order valence-electron chi connectivity index (χ2n) is 5.37. The van der Waals surface area contributed by atoms with Crippen LogP contribution < -0.4 is 10.6 Å². The first-order valence-electron chi connectivity index (χ1n) is 7.59. The minimum atomic E-state index is 0.816. The SMILES string of the molecule is CCCCCNc1cc(Nc2cc(C)ccc2C)ncn1. The molecule has 1 heterocycles. The first-order chi connectivity index (χ1) is 10.2. The second kappa shape index (κ2) is 7.62. The summed E-state index contributed by atoms with van der Waals surface area (Å²) in [6.45, 7) is 7.34. The van der Waals surface area contributed by atoms with Gasteiger partial charge in [-0.15, -0.1) is 0 Å². The van der Waals surface area contributed by atoms with Gasteiger partial charge in [0.15, 0.2) is 0 Å². The van der Waals surface area contributed by atoms with E-state index in [2.05, 4.69) is 59.6 Å². The van der Waals surface area contributed by atoms with E-state index in [4.69, 9.17) is 0 Å². The van der Waals surface area contributed by atoms with Gasteiger partial charge in [-0.2, -0.15) is 0 Å². The van der Waals surface area contributed by atoms with E-state index >= 15 is 0 Å². The van der Waals surface area contributed by atoms with Gasteiger partial charge in [-0.25, -0.2) is 9.97 Å². The normalized spacial score (nSPS) is 10.4. The minimum absolute atomic E-state index is 0.816. The molecule has 4 nitrogen and oxygen atoms in total. The predicted octanol–water partition coefficient (Wildman–Crippen LogP) is 4.44. The molecule has 2 aromatic rings. The lowest BCUT2D eigenvalue weighted by Crippen LogP contribution is -2.04. The molecular weight excluding hydrogens is 260 g/mol. The minimum Gasteiger partial charge on any atom is -0.370 e. The number of nitrogens with one attached hydrogen (secondary N) is 2. The van der Waals surface area contributed by atoms with Gasteiger partial charge in [0, 0.05) is 18.3 Å². The van der Waals surface area contributed by atoms with Crippen LogP contribution in [0.15, 0.2) is 30.6 Å². The number of hydrogen-bond donors (Lipinski definition) is 2. The zero-order chi connectivity index (χ0) is 15.1. The Kier molecular flexibility index (Phi) is 5.55. The van der Waals surface area contributed by atoms with Crippen LogP contribution in [0.5, 0.6) is 0 Å². The van der Waals surface area contributed by atoms with Crippen molar-refractivity contribution in [3.05, 3.63) is 41.7 Å². The van der Waals surface area contributed by atoms with E-state index in [0.29, 0.717) is 0 Å². The fraction of sp³-hybridized carbons (Fsp3) is 0.412. The molecule has 2 rings (SSSR count). The summed E-state index contributed by atoms with van der Waals surface area (Å²) in [6, 6.07) is 8.31. The number of aromatic nitrogens is 2. The Hall–Kier alpha value is -2.10. The van der Waals surface area contributed by atoms with Gasteiger partial charge in [0.1, 0.15) is 18.0 Å². The summed E-state index contributed by atoms with van der Waals surface area (Å²) < 4.78 is 0. The van der Waals surface area contributed by atoms with Gasteiger partial charge in [0.2, 0.25) is 0 Å². The molecule has 0 aliphatic rings. The summed E-state index contributed by atoms with van der Waals surface area (Å²) in [7, 11) is 0. The molecule has 0 saturated heterocycles. The molecule has 0 spiro atoms. The molecule has 0 bridgehead atoms. The zero-order valence-corrected chi connectivity index (χ0v) is 13.1. The number of rotatable bonds is 7. The third-order valence-electron chi connectivity index (χ3n) is 3.41. The predicted molar refractivity (Wildman–Crippen MR) is 89.2 cm³/mol. The molecule has 4 heteroatoms.